The van der Waals surface area contributed by atoms with Crippen LogP contribution in [0.1, 0.15) is 19.8 Å². The van der Waals surface area contributed by atoms with Crippen LogP contribution in [-0.2, 0) is 9.53 Å². The van der Waals surface area contributed by atoms with Gasteiger partial charge in [0, 0.05) is 38.7 Å². The zero-order valence-corrected chi connectivity index (χ0v) is 11.5. The van der Waals surface area contributed by atoms with Crippen molar-refractivity contribution in [2.75, 3.05) is 33.4 Å². The quantitative estimate of drug-likeness (QED) is 0.777. The third-order valence-corrected chi connectivity index (χ3v) is 4.05. The first-order chi connectivity index (χ1) is 9.04. The Morgan fingerprint density at radius 2 is 2.05 bits per heavy atom. The van der Waals surface area contributed by atoms with Gasteiger partial charge in [-0.1, -0.05) is 6.92 Å². The molecule has 1 unspecified atom stereocenters. The molecule has 0 aromatic heterocycles. The minimum Gasteiger partial charge on any atom is -0.481 e. The monoisotopic (exact) mass is 270 g/mol. The molecule has 6 heteroatoms. The van der Waals surface area contributed by atoms with Gasteiger partial charge in [-0.25, -0.2) is 4.79 Å². The fourth-order valence-corrected chi connectivity index (χ4v) is 2.38. The van der Waals surface area contributed by atoms with Gasteiger partial charge in [0.1, 0.15) is 0 Å². The van der Waals surface area contributed by atoms with Crippen LogP contribution in [0.4, 0.5) is 4.79 Å². The fraction of sp³-hybridized carbons (Fsp3) is 0.846. The number of amides is 2. The first kappa shape index (κ1) is 14.1. The summed E-state index contributed by atoms with van der Waals surface area (Å²) in [5.74, 6) is -1.07. The highest BCUT2D eigenvalue weighted by Crippen LogP contribution is 2.31. The lowest BCUT2D eigenvalue weighted by Crippen LogP contribution is -2.58. The maximum absolute atomic E-state index is 12.3. The smallest absolute Gasteiger partial charge is 0.320 e. The number of carboxylic acid groups (broad SMARTS) is 1. The van der Waals surface area contributed by atoms with E-state index >= 15 is 0 Å². The lowest BCUT2D eigenvalue weighted by molar-refractivity contribution is -0.144. The predicted molar refractivity (Wildman–Crippen MR) is 68.9 cm³/mol. The third-order valence-electron chi connectivity index (χ3n) is 4.05. The summed E-state index contributed by atoms with van der Waals surface area (Å²) in [5, 5.41) is 8.94. The molecule has 1 heterocycles. The predicted octanol–water partition coefficient (Wildman–Crippen LogP) is 0.870. The summed E-state index contributed by atoms with van der Waals surface area (Å²) in [6.07, 6.45) is 2.14. The van der Waals surface area contributed by atoms with Crippen molar-refractivity contribution in [3.05, 3.63) is 0 Å². The van der Waals surface area contributed by atoms with Crippen LogP contribution in [-0.4, -0.2) is 66.3 Å². The van der Waals surface area contributed by atoms with E-state index in [0.717, 1.165) is 12.8 Å². The third kappa shape index (κ3) is 3.18. The van der Waals surface area contributed by atoms with Crippen molar-refractivity contribution in [2.24, 2.45) is 11.8 Å². The minimum absolute atomic E-state index is 0.0355. The number of carbonyl (C=O) groups is 2. The van der Waals surface area contributed by atoms with Crippen molar-refractivity contribution < 1.29 is 19.4 Å². The fourth-order valence-electron chi connectivity index (χ4n) is 2.38. The second kappa shape index (κ2) is 5.77. The van der Waals surface area contributed by atoms with Gasteiger partial charge in [0.05, 0.1) is 12.5 Å². The Balaban J connectivity index is 1.82. The maximum Gasteiger partial charge on any atom is 0.320 e. The van der Waals surface area contributed by atoms with Crippen molar-refractivity contribution in [1.29, 1.82) is 0 Å². The number of urea groups is 1. The van der Waals surface area contributed by atoms with Gasteiger partial charge in [-0.2, -0.15) is 0 Å². The second-order valence-electron chi connectivity index (χ2n) is 5.49. The lowest BCUT2D eigenvalue weighted by atomic mass is 9.87. The van der Waals surface area contributed by atoms with Crippen LogP contribution in [0.15, 0.2) is 0 Å². The Labute approximate surface area is 113 Å². The van der Waals surface area contributed by atoms with Gasteiger partial charge in [0.15, 0.2) is 0 Å². The first-order valence-corrected chi connectivity index (χ1v) is 6.82. The summed E-state index contributed by atoms with van der Waals surface area (Å²) in [6, 6.07) is 0.395. The number of methoxy groups -OCH3 is 1. The minimum atomic E-state index is -0.782. The maximum atomic E-state index is 12.3. The summed E-state index contributed by atoms with van der Waals surface area (Å²) in [4.78, 5) is 26.8. The summed E-state index contributed by atoms with van der Waals surface area (Å²) in [6.45, 7) is 3.99. The summed E-state index contributed by atoms with van der Waals surface area (Å²) >= 11 is 0. The van der Waals surface area contributed by atoms with Crippen molar-refractivity contribution in [3.63, 3.8) is 0 Å². The molecule has 1 aliphatic carbocycles. The van der Waals surface area contributed by atoms with E-state index in [2.05, 4.69) is 0 Å². The van der Waals surface area contributed by atoms with E-state index in [0.29, 0.717) is 32.3 Å². The van der Waals surface area contributed by atoms with Crippen molar-refractivity contribution in [2.45, 2.75) is 25.8 Å². The molecule has 1 N–H and O–H groups in total. The molecule has 0 aromatic rings. The van der Waals surface area contributed by atoms with E-state index < -0.39 is 5.97 Å². The molecule has 1 saturated carbocycles. The average Bonchev–Trinajstić information content (AvgIpc) is 3.11. The largest absolute Gasteiger partial charge is 0.481 e. The summed E-state index contributed by atoms with van der Waals surface area (Å²) in [5.41, 5.74) is 0. The second-order valence-corrected chi connectivity index (χ2v) is 5.49. The standard InChI is InChI=1S/C13H22N2O4/c1-9(12(16)17)10-7-14(8-10)13(18)15(5-6-19-2)11-3-4-11/h9-11H,3-8H2,1-2H3,(H,16,17). The molecule has 0 bridgehead atoms. The number of nitrogens with zero attached hydrogens (tertiary/aromatic N) is 2. The van der Waals surface area contributed by atoms with Gasteiger partial charge >= 0.3 is 12.0 Å². The van der Waals surface area contributed by atoms with Crippen LogP contribution in [0.2, 0.25) is 0 Å². The number of carboxylic acids is 1. The molecule has 2 aliphatic rings. The zero-order chi connectivity index (χ0) is 14.0. The van der Waals surface area contributed by atoms with Gasteiger partial charge in [-0.15, -0.1) is 0 Å². The van der Waals surface area contributed by atoms with Crippen LogP contribution < -0.4 is 0 Å². The van der Waals surface area contributed by atoms with Gasteiger partial charge in [-0.3, -0.25) is 4.79 Å². The SMILES string of the molecule is COCCN(C(=O)N1CC(C(C)C(=O)O)C1)C1CC1. The average molecular weight is 270 g/mol. The number of hydrogen-bond donors (Lipinski definition) is 1. The number of ether oxygens (including phenoxy) is 1. The molecule has 0 radical (unpaired) electrons. The molecule has 108 valence electrons. The Morgan fingerprint density at radius 1 is 1.42 bits per heavy atom. The highest BCUT2D eigenvalue weighted by molar-refractivity contribution is 5.77. The van der Waals surface area contributed by atoms with E-state index in [1.165, 1.54) is 0 Å². The normalized spacial score (nSPS) is 20.8. The number of likely N-dealkylation sites (tertiary alicyclic amines) is 1. The van der Waals surface area contributed by atoms with Crippen LogP contribution in [0.3, 0.4) is 0 Å². The number of rotatable bonds is 6. The molecule has 0 aromatic carbocycles. The van der Waals surface area contributed by atoms with Gasteiger partial charge in [0.2, 0.25) is 0 Å². The molecular formula is C13H22N2O4. The highest BCUT2D eigenvalue weighted by Gasteiger charge is 2.41. The van der Waals surface area contributed by atoms with Crippen molar-refractivity contribution in [3.8, 4) is 0 Å². The van der Waals surface area contributed by atoms with Crippen LogP contribution in [0.25, 0.3) is 0 Å². The summed E-state index contributed by atoms with van der Waals surface area (Å²) < 4.78 is 5.03. The zero-order valence-electron chi connectivity index (χ0n) is 11.5. The number of carbonyl (C=O) groups excluding carboxylic acids is 1. The van der Waals surface area contributed by atoms with Gasteiger partial charge in [-0.05, 0) is 12.8 Å². The van der Waals surface area contributed by atoms with Crippen molar-refractivity contribution in [1.82, 2.24) is 9.80 Å². The Bertz CT molecular complexity index is 351. The van der Waals surface area contributed by atoms with E-state index in [1.54, 1.807) is 18.9 Å². The molecule has 19 heavy (non-hydrogen) atoms. The number of hydrogen-bond acceptors (Lipinski definition) is 3. The molecule has 6 nitrogen and oxygen atoms in total. The van der Waals surface area contributed by atoms with Crippen molar-refractivity contribution >= 4 is 12.0 Å². The summed E-state index contributed by atoms with van der Waals surface area (Å²) in [7, 11) is 1.63. The Morgan fingerprint density at radius 3 is 2.53 bits per heavy atom. The first-order valence-electron chi connectivity index (χ1n) is 6.82. The molecule has 1 saturated heterocycles. The molecule has 2 fully saturated rings. The van der Waals surface area contributed by atoms with Crippen LogP contribution in [0, 0.1) is 11.8 Å². The van der Waals surface area contributed by atoms with Crippen LogP contribution >= 0.6 is 0 Å². The molecule has 1 atom stereocenters. The molecule has 0 spiro atoms. The van der Waals surface area contributed by atoms with Gasteiger partial charge < -0.3 is 19.6 Å². The van der Waals surface area contributed by atoms with E-state index in [9.17, 15) is 9.59 Å². The molecule has 1 aliphatic heterocycles. The molecular weight excluding hydrogens is 248 g/mol. The topological polar surface area (TPSA) is 70.1 Å². The highest BCUT2D eigenvalue weighted by atomic mass is 16.5. The van der Waals surface area contributed by atoms with E-state index in [1.807, 2.05) is 4.90 Å². The lowest BCUT2D eigenvalue weighted by Gasteiger charge is -2.43. The van der Waals surface area contributed by atoms with Crippen LogP contribution in [0.5, 0.6) is 0 Å². The molecule has 2 rings (SSSR count). The van der Waals surface area contributed by atoms with E-state index in [4.69, 9.17) is 9.84 Å². The van der Waals surface area contributed by atoms with E-state index in [-0.39, 0.29) is 17.9 Å². The van der Waals surface area contributed by atoms with Gasteiger partial charge in [0.25, 0.3) is 0 Å². The number of aliphatic carboxylic acids is 1. The Kier molecular flexibility index (Phi) is 4.29. The molecule has 2 amide bonds. The Hall–Kier alpha value is -1.30.